The molecular formula is C27H38N4O6S2. The Bertz CT molecular complexity index is 1330. The van der Waals surface area contributed by atoms with Gasteiger partial charge in [-0.2, -0.15) is 4.31 Å². The monoisotopic (exact) mass is 578 g/mol. The second-order valence-corrected chi connectivity index (χ2v) is 14.2. The fraction of sp³-hybridized carbons (Fsp3) is 0.519. The van der Waals surface area contributed by atoms with Crippen LogP contribution in [0.3, 0.4) is 0 Å². The number of rotatable bonds is 9. The van der Waals surface area contributed by atoms with Gasteiger partial charge in [-0.3, -0.25) is 9.10 Å². The molecule has 214 valence electrons. The van der Waals surface area contributed by atoms with Gasteiger partial charge in [-0.25, -0.2) is 16.8 Å². The van der Waals surface area contributed by atoms with E-state index in [4.69, 9.17) is 4.74 Å². The van der Waals surface area contributed by atoms with Gasteiger partial charge in [0, 0.05) is 31.9 Å². The van der Waals surface area contributed by atoms with Crippen molar-refractivity contribution in [2.75, 3.05) is 61.4 Å². The Kier molecular flexibility index (Phi) is 9.20. The molecule has 2 saturated heterocycles. The molecule has 0 aliphatic carbocycles. The molecule has 39 heavy (non-hydrogen) atoms. The van der Waals surface area contributed by atoms with Crippen molar-refractivity contribution < 1.29 is 26.4 Å². The van der Waals surface area contributed by atoms with Crippen LogP contribution in [0.1, 0.15) is 38.3 Å². The van der Waals surface area contributed by atoms with Crippen molar-refractivity contribution in [2.24, 2.45) is 5.92 Å². The maximum absolute atomic E-state index is 12.9. The molecule has 12 heteroatoms. The first-order valence-electron chi connectivity index (χ1n) is 13.2. The lowest BCUT2D eigenvalue weighted by atomic mass is 9.98. The van der Waals surface area contributed by atoms with E-state index in [1.165, 1.54) is 41.4 Å². The molecular weight excluding hydrogens is 540 g/mol. The van der Waals surface area contributed by atoms with Crippen molar-refractivity contribution in [1.82, 2.24) is 9.62 Å². The van der Waals surface area contributed by atoms with Crippen LogP contribution in [-0.4, -0.2) is 79.2 Å². The third kappa shape index (κ3) is 7.30. The number of morpholine rings is 1. The Balaban J connectivity index is 1.40. The summed E-state index contributed by atoms with van der Waals surface area (Å²) in [5, 5.41) is 2.88. The number of carbonyl (C=O) groups is 1. The third-order valence-corrected chi connectivity index (χ3v) is 10.4. The van der Waals surface area contributed by atoms with Crippen molar-refractivity contribution in [3.8, 4) is 0 Å². The summed E-state index contributed by atoms with van der Waals surface area (Å²) < 4.78 is 58.5. The maximum atomic E-state index is 12.9. The van der Waals surface area contributed by atoms with Crippen molar-refractivity contribution in [2.45, 2.75) is 37.6 Å². The molecule has 2 aliphatic rings. The summed E-state index contributed by atoms with van der Waals surface area (Å²) in [5.74, 6) is 0.287. The van der Waals surface area contributed by atoms with Gasteiger partial charge in [0.1, 0.15) is 6.54 Å². The molecule has 10 nitrogen and oxygen atoms in total. The van der Waals surface area contributed by atoms with Gasteiger partial charge in [0.05, 0.1) is 36.1 Å². The topological polar surface area (TPSA) is 116 Å². The zero-order valence-corrected chi connectivity index (χ0v) is 24.4. The first kappa shape index (κ1) is 29.3. The maximum Gasteiger partial charge on any atom is 0.243 e. The van der Waals surface area contributed by atoms with Crippen LogP contribution in [0.5, 0.6) is 0 Å². The minimum atomic E-state index is -3.81. The largest absolute Gasteiger partial charge is 0.379 e. The molecule has 2 heterocycles. The second kappa shape index (κ2) is 12.2. The highest BCUT2D eigenvalue weighted by Gasteiger charge is 2.27. The number of piperidine rings is 1. The van der Waals surface area contributed by atoms with Crippen LogP contribution in [0, 0.1) is 5.92 Å². The number of sulfonamides is 2. The number of nitrogens with zero attached hydrogens (tertiary/aromatic N) is 3. The van der Waals surface area contributed by atoms with E-state index in [9.17, 15) is 21.6 Å². The summed E-state index contributed by atoms with van der Waals surface area (Å²) >= 11 is 0. The molecule has 1 atom stereocenters. The molecule has 1 unspecified atom stereocenters. The zero-order valence-electron chi connectivity index (χ0n) is 22.7. The van der Waals surface area contributed by atoms with E-state index >= 15 is 0 Å². The number of hydrogen-bond donors (Lipinski definition) is 1. The predicted octanol–water partition coefficient (Wildman–Crippen LogP) is 2.59. The molecule has 1 amide bonds. The molecule has 2 aliphatic heterocycles. The van der Waals surface area contributed by atoms with Gasteiger partial charge in [0.2, 0.25) is 26.0 Å². The standard InChI is InChI=1S/C27H38N4O6S2/c1-21-12-14-29(15-13-21)24-6-4-23(5-7-24)22(2)28-27(32)20-31(38(3,33)34)25-8-10-26(11-9-25)39(35,36)30-16-18-37-19-17-30/h4-11,21-22H,12-20H2,1-3H3,(H,28,32). The Labute approximate surface area is 232 Å². The zero-order chi connectivity index (χ0) is 28.2. The van der Waals surface area contributed by atoms with E-state index in [0.717, 1.165) is 40.8 Å². The van der Waals surface area contributed by atoms with Gasteiger partial charge >= 0.3 is 0 Å². The summed E-state index contributed by atoms with van der Waals surface area (Å²) in [6, 6.07) is 13.3. The molecule has 0 bridgehead atoms. The predicted molar refractivity (Wildman–Crippen MR) is 152 cm³/mol. The van der Waals surface area contributed by atoms with Crippen molar-refractivity contribution in [3.05, 3.63) is 54.1 Å². The van der Waals surface area contributed by atoms with E-state index in [0.29, 0.717) is 13.2 Å². The lowest BCUT2D eigenvalue weighted by Crippen LogP contribution is -2.41. The van der Waals surface area contributed by atoms with Crippen LogP contribution < -0.4 is 14.5 Å². The average Bonchev–Trinajstić information content (AvgIpc) is 2.92. The number of anilines is 2. The number of ether oxygens (including phenoxy) is 1. The Morgan fingerprint density at radius 1 is 0.974 bits per heavy atom. The first-order valence-corrected chi connectivity index (χ1v) is 16.5. The van der Waals surface area contributed by atoms with Crippen LogP contribution in [0.2, 0.25) is 0 Å². The fourth-order valence-corrected chi connectivity index (χ4v) is 7.13. The van der Waals surface area contributed by atoms with Crippen LogP contribution >= 0.6 is 0 Å². The highest BCUT2D eigenvalue weighted by molar-refractivity contribution is 7.92. The highest BCUT2D eigenvalue weighted by atomic mass is 32.2. The molecule has 2 aromatic carbocycles. The summed E-state index contributed by atoms with van der Waals surface area (Å²) in [6.07, 6.45) is 3.37. The van der Waals surface area contributed by atoms with E-state index in [1.807, 2.05) is 19.1 Å². The van der Waals surface area contributed by atoms with Gasteiger partial charge in [-0.1, -0.05) is 19.1 Å². The summed E-state index contributed by atoms with van der Waals surface area (Å²) in [6.45, 7) is 6.96. The molecule has 0 aromatic heterocycles. The van der Waals surface area contributed by atoms with Gasteiger partial charge in [-0.05, 0) is 67.6 Å². The number of benzene rings is 2. The van der Waals surface area contributed by atoms with Crippen LogP contribution in [0.15, 0.2) is 53.4 Å². The Morgan fingerprint density at radius 2 is 1.56 bits per heavy atom. The van der Waals surface area contributed by atoms with Crippen molar-refractivity contribution in [1.29, 1.82) is 0 Å². The lowest BCUT2D eigenvalue weighted by molar-refractivity contribution is -0.120. The number of carbonyl (C=O) groups excluding carboxylic acids is 1. The van der Waals surface area contributed by atoms with E-state index in [2.05, 4.69) is 29.3 Å². The number of amides is 1. The van der Waals surface area contributed by atoms with Gasteiger partial charge in [0.25, 0.3) is 0 Å². The van der Waals surface area contributed by atoms with E-state index in [1.54, 1.807) is 0 Å². The quantitative estimate of drug-likeness (QED) is 0.486. The minimum Gasteiger partial charge on any atom is -0.379 e. The number of hydrogen-bond acceptors (Lipinski definition) is 7. The average molecular weight is 579 g/mol. The van der Waals surface area contributed by atoms with Crippen LogP contribution in [0.4, 0.5) is 11.4 Å². The summed E-state index contributed by atoms with van der Waals surface area (Å²) in [5.41, 5.74) is 2.29. The van der Waals surface area contributed by atoms with E-state index in [-0.39, 0.29) is 29.7 Å². The van der Waals surface area contributed by atoms with Crippen LogP contribution in [0.25, 0.3) is 0 Å². The lowest BCUT2D eigenvalue weighted by Gasteiger charge is -2.32. The van der Waals surface area contributed by atoms with Gasteiger partial charge in [-0.15, -0.1) is 0 Å². The van der Waals surface area contributed by atoms with Gasteiger partial charge in [0.15, 0.2) is 0 Å². The minimum absolute atomic E-state index is 0.0576. The highest BCUT2D eigenvalue weighted by Crippen LogP contribution is 2.26. The molecule has 1 N–H and O–H groups in total. The van der Waals surface area contributed by atoms with Gasteiger partial charge < -0.3 is 15.0 Å². The Morgan fingerprint density at radius 3 is 2.13 bits per heavy atom. The number of nitrogens with one attached hydrogen (secondary N) is 1. The molecule has 0 radical (unpaired) electrons. The SMILES string of the molecule is CC1CCN(c2ccc(C(C)NC(=O)CN(c3ccc(S(=O)(=O)N4CCOCC4)cc3)S(C)(=O)=O)cc2)CC1. The fourth-order valence-electron chi connectivity index (χ4n) is 4.86. The molecule has 0 saturated carbocycles. The molecule has 2 fully saturated rings. The van der Waals surface area contributed by atoms with Crippen molar-refractivity contribution in [3.63, 3.8) is 0 Å². The summed E-state index contributed by atoms with van der Waals surface area (Å²) in [4.78, 5) is 15.3. The third-order valence-electron chi connectivity index (χ3n) is 7.34. The van der Waals surface area contributed by atoms with Crippen LogP contribution in [-0.2, 0) is 29.6 Å². The van der Waals surface area contributed by atoms with E-state index < -0.39 is 32.5 Å². The second-order valence-electron chi connectivity index (χ2n) is 10.3. The first-order chi connectivity index (χ1) is 18.4. The molecule has 2 aromatic rings. The molecule has 4 rings (SSSR count). The smallest absolute Gasteiger partial charge is 0.243 e. The van der Waals surface area contributed by atoms with Crippen molar-refractivity contribution >= 4 is 37.3 Å². The molecule has 0 spiro atoms. The summed E-state index contributed by atoms with van der Waals surface area (Å²) in [7, 11) is -7.53. The normalized spacial score (nSPS) is 18.5. The Hall–Kier alpha value is -2.67.